The molecular formula is C15H19NO4. The number of carbonyl (C=O) groups excluding carboxylic acids is 1. The van der Waals surface area contributed by atoms with E-state index in [1.165, 1.54) is 0 Å². The molecule has 0 spiro atoms. The second kappa shape index (κ2) is 6.50. The molecule has 0 heterocycles. The zero-order chi connectivity index (χ0) is 14.5. The van der Waals surface area contributed by atoms with Crippen LogP contribution in [0.3, 0.4) is 0 Å². The summed E-state index contributed by atoms with van der Waals surface area (Å²) in [4.78, 5) is 22.1. The van der Waals surface area contributed by atoms with E-state index in [0.717, 1.165) is 24.8 Å². The van der Waals surface area contributed by atoms with E-state index >= 15 is 0 Å². The molecule has 0 aliphatic heterocycles. The lowest BCUT2D eigenvalue weighted by Crippen LogP contribution is -2.11. The minimum Gasteiger partial charge on any atom is -0.487 e. The molecule has 1 aliphatic rings. The summed E-state index contributed by atoms with van der Waals surface area (Å²) in [6.45, 7) is 2.30. The topological polar surface area (TPSA) is 69.4 Å². The zero-order valence-corrected chi connectivity index (χ0v) is 11.6. The molecule has 1 aliphatic carbocycles. The monoisotopic (exact) mass is 277 g/mol. The van der Waals surface area contributed by atoms with Gasteiger partial charge in [0, 0.05) is 18.4 Å². The highest BCUT2D eigenvalue weighted by Gasteiger charge is 2.24. The molecule has 0 bridgehead atoms. The van der Waals surface area contributed by atoms with Gasteiger partial charge < -0.3 is 4.74 Å². The third kappa shape index (κ3) is 3.35. The van der Waals surface area contributed by atoms with Crippen molar-refractivity contribution in [3.63, 3.8) is 0 Å². The molecule has 1 aromatic carbocycles. The van der Waals surface area contributed by atoms with Crippen LogP contribution in [-0.2, 0) is 11.2 Å². The Morgan fingerprint density at radius 1 is 1.45 bits per heavy atom. The Morgan fingerprint density at radius 3 is 2.85 bits per heavy atom. The van der Waals surface area contributed by atoms with Crippen LogP contribution in [0.2, 0.25) is 0 Å². The third-order valence-electron chi connectivity index (χ3n) is 3.78. The number of aryl methyl sites for hydroxylation is 1. The van der Waals surface area contributed by atoms with Gasteiger partial charge in [-0.3, -0.25) is 14.9 Å². The lowest BCUT2D eigenvalue weighted by atomic mass is 10.0. The lowest BCUT2D eigenvalue weighted by Gasteiger charge is -2.10. The van der Waals surface area contributed by atoms with Crippen LogP contribution in [0, 0.1) is 16.0 Å². The number of nitrogens with zero attached hydrogens (tertiary/aromatic N) is 1. The predicted molar refractivity (Wildman–Crippen MR) is 74.9 cm³/mol. The molecule has 0 N–H and O–H groups in total. The van der Waals surface area contributed by atoms with Gasteiger partial charge in [0.05, 0.1) is 11.5 Å². The Labute approximate surface area is 118 Å². The Kier molecular flexibility index (Phi) is 4.71. The molecule has 1 saturated carbocycles. The molecule has 5 heteroatoms. The number of Topliss-reactive ketones (excluding diaryl/α,β-unsaturated/α-hetero) is 1. The first kappa shape index (κ1) is 14.5. The minimum atomic E-state index is -0.421. The van der Waals surface area contributed by atoms with Gasteiger partial charge in [-0.15, -0.1) is 0 Å². The predicted octanol–water partition coefficient (Wildman–Crippen LogP) is 3.30. The fourth-order valence-electron chi connectivity index (χ4n) is 2.55. The number of ketones is 1. The number of nitro benzene ring substituents is 1. The quantitative estimate of drug-likeness (QED) is 0.591. The van der Waals surface area contributed by atoms with Gasteiger partial charge in [-0.25, -0.2) is 0 Å². The van der Waals surface area contributed by atoms with E-state index in [9.17, 15) is 14.9 Å². The van der Waals surface area contributed by atoms with Gasteiger partial charge in [0.2, 0.25) is 0 Å². The van der Waals surface area contributed by atoms with Crippen molar-refractivity contribution in [1.29, 1.82) is 0 Å². The molecule has 0 amide bonds. The number of benzene rings is 1. The molecule has 0 aromatic heterocycles. The fraction of sp³-hybridized carbons (Fsp3) is 0.533. The van der Waals surface area contributed by atoms with Gasteiger partial charge >= 0.3 is 5.69 Å². The number of nitro groups is 1. The molecule has 1 fully saturated rings. The van der Waals surface area contributed by atoms with Gasteiger partial charge in [-0.1, -0.05) is 13.0 Å². The van der Waals surface area contributed by atoms with E-state index < -0.39 is 4.92 Å². The van der Waals surface area contributed by atoms with Crippen LogP contribution in [0.25, 0.3) is 0 Å². The number of rotatable bonds is 6. The average molecular weight is 277 g/mol. The standard InChI is InChI=1S/C15H19NO4/c1-2-11-6-7-15(13(10-11)16(18)19)20-9-8-12-4-3-5-14(12)17/h6-7,10,12H,2-5,8-9H2,1H3. The van der Waals surface area contributed by atoms with E-state index in [4.69, 9.17) is 4.74 Å². The summed E-state index contributed by atoms with van der Waals surface area (Å²) < 4.78 is 5.51. The van der Waals surface area contributed by atoms with E-state index in [2.05, 4.69) is 0 Å². The van der Waals surface area contributed by atoms with Crippen molar-refractivity contribution < 1.29 is 14.5 Å². The second-order valence-electron chi connectivity index (χ2n) is 5.11. The first-order valence-electron chi connectivity index (χ1n) is 7.04. The highest BCUT2D eigenvalue weighted by atomic mass is 16.6. The summed E-state index contributed by atoms with van der Waals surface area (Å²) in [5.41, 5.74) is 0.914. The Morgan fingerprint density at radius 2 is 2.25 bits per heavy atom. The maximum absolute atomic E-state index is 11.5. The third-order valence-corrected chi connectivity index (χ3v) is 3.78. The van der Waals surface area contributed by atoms with Gasteiger partial charge in [0.15, 0.2) is 5.75 Å². The summed E-state index contributed by atoms with van der Waals surface area (Å²) in [6.07, 6.45) is 3.92. The second-order valence-corrected chi connectivity index (χ2v) is 5.11. The van der Waals surface area contributed by atoms with Crippen molar-refractivity contribution in [2.75, 3.05) is 6.61 Å². The molecule has 0 saturated heterocycles. The maximum Gasteiger partial charge on any atom is 0.311 e. The van der Waals surface area contributed by atoms with Gasteiger partial charge in [0.25, 0.3) is 0 Å². The largest absolute Gasteiger partial charge is 0.487 e. The summed E-state index contributed by atoms with van der Waals surface area (Å²) in [6, 6.07) is 5.03. The number of hydrogen-bond donors (Lipinski definition) is 0. The zero-order valence-electron chi connectivity index (χ0n) is 11.6. The number of carbonyl (C=O) groups is 1. The van der Waals surface area contributed by atoms with Crippen LogP contribution in [0.4, 0.5) is 5.69 Å². The Bertz CT molecular complexity index is 513. The van der Waals surface area contributed by atoms with Crippen molar-refractivity contribution in [1.82, 2.24) is 0 Å². The van der Waals surface area contributed by atoms with E-state index in [0.29, 0.717) is 25.2 Å². The van der Waals surface area contributed by atoms with Gasteiger partial charge in [0.1, 0.15) is 5.78 Å². The van der Waals surface area contributed by atoms with Crippen molar-refractivity contribution in [2.24, 2.45) is 5.92 Å². The molecule has 5 nitrogen and oxygen atoms in total. The molecule has 20 heavy (non-hydrogen) atoms. The van der Waals surface area contributed by atoms with Crippen molar-refractivity contribution in [3.05, 3.63) is 33.9 Å². The molecule has 1 atom stereocenters. The minimum absolute atomic E-state index is 0.00194. The van der Waals surface area contributed by atoms with Crippen LogP contribution in [0.15, 0.2) is 18.2 Å². The molecule has 2 rings (SSSR count). The summed E-state index contributed by atoms with van der Waals surface area (Å²) in [7, 11) is 0. The first-order valence-corrected chi connectivity index (χ1v) is 7.04. The van der Waals surface area contributed by atoms with Crippen molar-refractivity contribution in [2.45, 2.75) is 39.0 Å². The highest BCUT2D eigenvalue weighted by Crippen LogP contribution is 2.29. The van der Waals surface area contributed by atoms with Crippen LogP contribution in [-0.4, -0.2) is 17.3 Å². The van der Waals surface area contributed by atoms with Crippen LogP contribution < -0.4 is 4.74 Å². The summed E-state index contributed by atoms with van der Waals surface area (Å²) in [5, 5.41) is 11.0. The van der Waals surface area contributed by atoms with Gasteiger partial charge in [-0.2, -0.15) is 0 Å². The number of hydrogen-bond acceptors (Lipinski definition) is 4. The Hall–Kier alpha value is -1.91. The van der Waals surface area contributed by atoms with Crippen molar-refractivity contribution >= 4 is 11.5 Å². The normalized spacial score (nSPS) is 18.2. The van der Waals surface area contributed by atoms with Crippen LogP contribution >= 0.6 is 0 Å². The van der Waals surface area contributed by atoms with E-state index in [1.54, 1.807) is 12.1 Å². The van der Waals surface area contributed by atoms with Gasteiger partial charge in [-0.05, 0) is 37.3 Å². The summed E-state index contributed by atoms with van der Waals surface area (Å²) in [5.74, 6) is 0.658. The van der Waals surface area contributed by atoms with Crippen molar-refractivity contribution in [3.8, 4) is 5.75 Å². The molecular weight excluding hydrogens is 258 g/mol. The lowest BCUT2D eigenvalue weighted by molar-refractivity contribution is -0.385. The number of ether oxygens (including phenoxy) is 1. The summed E-state index contributed by atoms with van der Waals surface area (Å²) >= 11 is 0. The smallest absolute Gasteiger partial charge is 0.311 e. The first-order chi connectivity index (χ1) is 9.61. The van der Waals surface area contributed by atoms with E-state index in [-0.39, 0.29) is 17.4 Å². The molecule has 0 radical (unpaired) electrons. The SMILES string of the molecule is CCc1ccc(OCCC2CCCC2=O)c([N+](=O)[O-])c1. The van der Waals surface area contributed by atoms with Crippen LogP contribution in [0.1, 0.15) is 38.2 Å². The highest BCUT2D eigenvalue weighted by molar-refractivity contribution is 5.82. The Balaban J connectivity index is 1.98. The molecule has 108 valence electrons. The maximum atomic E-state index is 11.5. The van der Waals surface area contributed by atoms with Crippen LogP contribution in [0.5, 0.6) is 5.75 Å². The van der Waals surface area contributed by atoms with E-state index in [1.807, 2.05) is 13.0 Å². The average Bonchev–Trinajstić information content (AvgIpc) is 2.84. The molecule has 1 aromatic rings. The fourth-order valence-corrected chi connectivity index (χ4v) is 2.55. The molecule has 1 unspecified atom stereocenters.